The molecule has 6 heteroatoms. The molecule has 3 rings (SSSR count). The lowest BCUT2D eigenvalue weighted by molar-refractivity contribution is -0.133. The van der Waals surface area contributed by atoms with Crippen molar-refractivity contribution < 1.29 is 9.53 Å². The molecule has 1 aromatic heterocycles. The number of methoxy groups -OCH3 is 1. The summed E-state index contributed by atoms with van der Waals surface area (Å²) in [4.78, 5) is 32.9. The van der Waals surface area contributed by atoms with Gasteiger partial charge in [0.15, 0.2) is 0 Å². The molecule has 0 N–H and O–H groups in total. The second kappa shape index (κ2) is 10.2. The number of carbonyl (C=O) groups is 1. The Kier molecular flexibility index (Phi) is 7.36. The predicted molar refractivity (Wildman–Crippen MR) is 118 cm³/mol. The minimum Gasteiger partial charge on any atom is -0.385 e. The number of hydrogen-bond donors (Lipinski definition) is 0. The molecule has 2 aromatic carbocycles. The van der Waals surface area contributed by atoms with Crippen LogP contribution in [-0.4, -0.2) is 40.6 Å². The molecule has 0 fully saturated rings. The summed E-state index contributed by atoms with van der Waals surface area (Å²) in [7, 11) is 1.65. The Morgan fingerprint density at radius 2 is 1.83 bits per heavy atom. The van der Waals surface area contributed by atoms with Gasteiger partial charge in [-0.25, -0.2) is 4.98 Å². The summed E-state index contributed by atoms with van der Waals surface area (Å²) >= 11 is 0. The van der Waals surface area contributed by atoms with Gasteiger partial charge in [-0.1, -0.05) is 42.5 Å². The van der Waals surface area contributed by atoms with Gasteiger partial charge in [0.2, 0.25) is 5.91 Å². The van der Waals surface area contributed by atoms with E-state index >= 15 is 0 Å². The zero-order valence-corrected chi connectivity index (χ0v) is 17.9. The number of aromatic nitrogens is 2. The Balaban J connectivity index is 1.98. The van der Waals surface area contributed by atoms with Gasteiger partial charge in [0, 0.05) is 26.8 Å². The largest absolute Gasteiger partial charge is 0.385 e. The maximum Gasteiger partial charge on any atom is 0.261 e. The van der Waals surface area contributed by atoms with Gasteiger partial charge in [-0.3, -0.25) is 14.2 Å². The number of benzene rings is 2. The van der Waals surface area contributed by atoms with Gasteiger partial charge < -0.3 is 9.64 Å². The van der Waals surface area contributed by atoms with E-state index in [9.17, 15) is 9.59 Å². The summed E-state index contributed by atoms with van der Waals surface area (Å²) in [6, 6.07) is 16.7. The molecule has 3 aromatic rings. The van der Waals surface area contributed by atoms with Crippen molar-refractivity contribution in [2.24, 2.45) is 0 Å². The summed E-state index contributed by atoms with van der Waals surface area (Å²) < 4.78 is 6.86. The molecule has 158 valence electrons. The van der Waals surface area contributed by atoms with Crippen LogP contribution in [0, 0.1) is 0 Å². The first-order valence-electron chi connectivity index (χ1n) is 10.4. The predicted octanol–water partition coefficient (Wildman–Crippen LogP) is 3.59. The summed E-state index contributed by atoms with van der Waals surface area (Å²) in [6.45, 7) is 5.46. The Labute approximate surface area is 177 Å². The van der Waals surface area contributed by atoms with Crippen LogP contribution < -0.4 is 5.56 Å². The van der Waals surface area contributed by atoms with Crippen LogP contribution in [0.2, 0.25) is 0 Å². The summed E-state index contributed by atoms with van der Waals surface area (Å²) in [5.74, 6) is 0.620. The maximum absolute atomic E-state index is 13.2. The summed E-state index contributed by atoms with van der Waals surface area (Å²) in [6.07, 6.45) is 1.02. The van der Waals surface area contributed by atoms with E-state index in [0.29, 0.717) is 49.3 Å². The highest BCUT2D eigenvalue weighted by Gasteiger charge is 2.25. The van der Waals surface area contributed by atoms with E-state index in [2.05, 4.69) is 0 Å². The highest BCUT2D eigenvalue weighted by Crippen LogP contribution is 2.21. The number of nitrogens with zero attached hydrogens (tertiary/aromatic N) is 3. The zero-order chi connectivity index (χ0) is 21.5. The second-order valence-corrected chi connectivity index (χ2v) is 7.31. The number of para-hydroxylation sites is 1. The van der Waals surface area contributed by atoms with E-state index in [1.165, 1.54) is 0 Å². The van der Waals surface area contributed by atoms with Crippen LogP contribution in [0.4, 0.5) is 0 Å². The van der Waals surface area contributed by atoms with E-state index in [1.54, 1.807) is 17.7 Å². The fraction of sp³-hybridized carbons (Fsp3) is 0.375. The molecule has 0 aliphatic heterocycles. The molecule has 0 saturated carbocycles. The van der Waals surface area contributed by atoms with E-state index in [-0.39, 0.29) is 17.5 Å². The quantitative estimate of drug-likeness (QED) is 0.509. The van der Waals surface area contributed by atoms with Crippen molar-refractivity contribution in [1.82, 2.24) is 14.5 Å². The average molecular weight is 408 g/mol. The Morgan fingerprint density at radius 1 is 1.13 bits per heavy atom. The number of fused-ring (bicyclic) bond motifs is 1. The number of ether oxygens (including phenoxy) is 1. The van der Waals surface area contributed by atoms with Crippen molar-refractivity contribution in [3.05, 3.63) is 76.3 Å². The van der Waals surface area contributed by atoms with Crippen molar-refractivity contribution in [3.63, 3.8) is 0 Å². The zero-order valence-electron chi connectivity index (χ0n) is 17.9. The van der Waals surface area contributed by atoms with E-state index < -0.39 is 0 Å². The third kappa shape index (κ3) is 4.76. The average Bonchev–Trinajstić information content (AvgIpc) is 2.77. The van der Waals surface area contributed by atoms with Crippen LogP contribution in [-0.2, 0) is 22.5 Å². The van der Waals surface area contributed by atoms with Gasteiger partial charge in [0.25, 0.3) is 5.56 Å². The smallest absolute Gasteiger partial charge is 0.261 e. The molecular weight excluding hydrogens is 378 g/mol. The van der Waals surface area contributed by atoms with Gasteiger partial charge in [0.05, 0.1) is 23.4 Å². The first-order valence-corrected chi connectivity index (χ1v) is 10.4. The highest BCUT2D eigenvalue weighted by molar-refractivity contribution is 5.80. The first kappa shape index (κ1) is 21.7. The molecule has 6 nitrogen and oxygen atoms in total. The molecule has 1 unspecified atom stereocenters. The van der Waals surface area contributed by atoms with Crippen molar-refractivity contribution in [2.75, 3.05) is 20.3 Å². The third-order valence-corrected chi connectivity index (χ3v) is 5.31. The first-order chi connectivity index (χ1) is 14.6. The van der Waals surface area contributed by atoms with Crippen molar-refractivity contribution in [2.45, 2.75) is 39.3 Å². The number of carbonyl (C=O) groups excluding carboxylic acids is 1. The van der Waals surface area contributed by atoms with Crippen molar-refractivity contribution in [1.29, 1.82) is 0 Å². The molecular formula is C24H29N3O3. The fourth-order valence-corrected chi connectivity index (χ4v) is 3.73. The molecule has 1 atom stereocenters. The van der Waals surface area contributed by atoms with Gasteiger partial charge in [-0.15, -0.1) is 0 Å². The molecule has 0 radical (unpaired) electrons. The van der Waals surface area contributed by atoms with Gasteiger partial charge >= 0.3 is 0 Å². The number of rotatable bonds is 9. The normalized spacial score (nSPS) is 12.1. The van der Waals surface area contributed by atoms with Crippen LogP contribution in [0.5, 0.6) is 0 Å². The van der Waals surface area contributed by atoms with Crippen LogP contribution in [0.25, 0.3) is 10.9 Å². The van der Waals surface area contributed by atoms with Gasteiger partial charge in [-0.05, 0) is 38.0 Å². The van der Waals surface area contributed by atoms with Crippen molar-refractivity contribution in [3.8, 4) is 0 Å². The Hall–Kier alpha value is -2.99. The third-order valence-electron chi connectivity index (χ3n) is 5.31. The van der Waals surface area contributed by atoms with E-state index in [1.807, 2.05) is 67.3 Å². The molecule has 0 saturated heterocycles. The topological polar surface area (TPSA) is 64.4 Å². The highest BCUT2D eigenvalue weighted by atomic mass is 16.5. The lowest BCUT2D eigenvalue weighted by atomic mass is 10.1. The minimum atomic E-state index is -0.338. The molecule has 0 spiro atoms. The van der Waals surface area contributed by atoms with Gasteiger partial charge in [-0.2, -0.15) is 0 Å². The molecule has 0 aliphatic carbocycles. The minimum absolute atomic E-state index is 0.00913. The number of amides is 1. The van der Waals surface area contributed by atoms with Crippen LogP contribution in [0.15, 0.2) is 59.4 Å². The Morgan fingerprint density at radius 3 is 2.53 bits per heavy atom. The van der Waals surface area contributed by atoms with Crippen molar-refractivity contribution >= 4 is 16.8 Å². The monoisotopic (exact) mass is 407 g/mol. The van der Waals surface area contributed by atoms with Crippen LogP contribution in [0.3, 0.4) is 0 Å². The van der Waals surface area contributed by atoms with Gasteiger partial charge in [0.1, 0.15) is 5.82 Å². The standard InChI is InChI=1S/C24H29N3O3/c1-4-26-23(25-21-14-9-8-13-20(21)24(26)29)18(2)27(15-10-16-30-3)22(28)17-19-11-6-5-7-12-19/h5-9,11-14,18H,4,10,15-17H2,1-3H3. The van der Waals surface area contributed by atoms with E-state index in [0.717, 1.165) is 5.56 Å². The fourth-order valence-electron chi connectivity index (χ4n) is 3.73. The number of hydrogen-bond acceptors (Lipinski definition) is 4. The maximum atomic E-state index is 13.2. The molecule has 0 aliphatic rings. The SMILES string of the molecule is CCn1c(C(C)N(CCCOC)C(=O)Cc2ccccc2)nc2ccccc2c1=O. The second-order valence-electron chi connectivity index (χ2n) is 7.31. The Bertz CT molecular complexity index is 1050. The molecule has 1 heterocycles. The lowest BCUT2D eigenvalue weighted by Gasteiger charge is -2.30. The summed E-state index contributed by atoms with van der Waals surface area (Å²) in [5, 5.41) is 0.594. The lowest BCUT2D eigenvalue weighted by Crippen LogP contribution is -2.39. The summed E-state index contributed by atoms with van der Waals surface area (Å²) in [5.41, 5.74) is 1.55. The molecule has 30 heavy (non-hydrogen) atoms. The molecule has 0 bridgehead atoms. The van der Waals surface area contributed by atoms with E-state index in [4.69, 9.17) is 9.72 Å². The van der Waals surface area contributed by atoms with Crippen LogP contribution >= 0.6 is 0 Å². The van der Waals surface area contributed by atoms with Crippen LogP contribution in [0.1, 0.15) is 37.7 Å². The molecule has 1 amide bonds.